The molecule has 1 aromatic carbocycles. The predicted octanol–water partition coefficient (Wildman–Crippen LogP) is 4.54. The van der Waals surface area contributed by atoms with Crippen molar-refractivity contribution in [2.24, 2.45) is 5.92 Å². The molecular formula is C14H18BrClOS. The minimum atomic E-state index is -0.267. The van der Waals surface area contributed by atoms with Gasteiger partial charge in [-0.25, -0.2) is 0 Å². The maximum absolute atomic E-state index is 10.2. The molecule has 1 N–H and O–H groups in total. The van der Waals surface area contributed by atoms with Gasteiger partial charge in [0.05, 0.1) is 6.10 Å². The van der Waals surface area contributed by atoms with Crippen LogP contribution in [0.4, 0.5) is 0 Å². The van der Waals surface area contributed by atoms with Gasteiger partial charge in [0.2, 0.25) is 0 Å². The number of hydrogen-bond donors (Lipinski definition) is 1. The first kappa shape index (κ1) is 14.7. The maximum Gasteiger partial charge on any atom is 0.0583 e. The molecule has 1 saturated heterocycles. The van der Waals surface area contributed by atoms with Crippen LogP contribution in [0.25, 0.3) is 0 Å². The molecule has 0 aromatic heterocycles. The van der Waals surface area contributed by atoms with Gasteiger partial charge in [0.1, 0.15) is 0 Å². The van der Waals surface area contributed by atoms with Crippen LogP contribution in [0.3, 0.4) is 0 Å². The van der Waals surface area contributed by atoms with Crippen LogP contribution >= 0.6 is 39.3 Å². The van der Waals surface area contributed by atoms with E-state index in [1.54, 1.807) is 0 Å². The Bertz CT molecular complexity index is 393. The van der Waals surface area contributed by atoms with Crippen LogP contribution in [0, 0.1) is 5.92 Å². The van der Waals surface area contributed by atoms with Crippen molar-refractivity contribution in [1.82, 2.24) is 0 Å². The molecule has 1 fully saturated rings. The van der Waals surface area contributed by atoms with Gasteiger partial charge in [-0.3, -0.25) is 0 Å². The second-order valence-electron chi connectivity index (χ2n) is 4.89. The minimum Gasteiger partial charge on any atom is -0.393 e. The molecule has 2 rings (SSSR count). The van der Waals surface area contributed by atoms with E-state index < -0.39 is 0 Å². The van der Waals surface area contributed by atoms with Gasteiger partial charge < -0.3 is 5.11 Å². The van der Waals surface area contributed by atoms with E-state index in [1.165, 1.54) is 24.3 Å². The summed E-state index contributed by atoms with van der Waals surface area (Å²) in [5.41, 5.74) is 1.04. The highest BCUT2D eigenvalue weighted by molar-refractivity contribution is 9.10. The Balaban J connectivity index is 1.87. The summed E-state index contributed by atoms with van der Waals surface area (Å²) in [6.07, 6.45) is 3.80. The SMILES string of the molecule is OC(Cc1ccc(Br)cc1Cl)CC1CCSCC1. The van der Waals surface area contributed by atoms with Gasteiger partial charge in [-0.15, -0.1) is 0 Å². The van der Waals surface area contributed by atoms with Crippen molar-refractivity contribution < 1.29 is 5.11 Å². The summed E-state index contributed by atoms with van der Waals surface area (Å²) in [6.45, 7) is 0. The van der Waals surface area contributed by atoms with E-state index in [-0.39, 0.29) is 6.10 Å². The molecule has 18 heavy (non-hydrogen) atoms. The third-order valence-corrected chi connectivity index (χ3v) is 5.31. The standard InChI is InChI=1S/C14H18BrClOS/c15-12-2-1-11(14(16)9-12)8-13(17)7-10-3-5-18-6-4-10/h1-2,9-10,13,17H,3-8H2. The number of halogens is 2. The van der Waals surface area contributed by atoms with Crippen LogP contribution in [0.2, 0.25) is 5.02 Å². The van der Waals surface area contributed by atoms with Crippen molar-refractivity contribution >= 4 is 39.3 Å². The second kappa shape index (κ2) is 7.18. The van der Waals surface area contributed by atoms with Crippen LogP contribution in [-0.2, 0) is 6.42 Å². The zero-order valence-corrected chi connectivity index (χ0v) is 13.4. The van der Waals surface area contributed by atoms with Gasteiger partial charge in [-0.05, 0) is 60.8 Å². The summed E-state index contributed by atoms with van der Waals surface area (Å²) < 4.78 is 0.982. The van der Waals surface area contributed by atoms with Crippen molar-refractivity contribution in [3.63, 3.8) is 0 Å². The monoisotopic (exact) mass is 348 g/mol. The lowest BCUT2D eigenvalue weighted by Crippen LogP contribution is -2.19. The van der Waals surface area contributed by atoms with Gasteiger partial charge in [0, 0.05) is 9.50 Å². The number of aliphatic hydroxyl groups is 1. The molecule has 0 radical (unpaired) electrons. The van der Waals surface area contributed by atoms with Crippen molar-refractivity contribution in [3.05, 3.63) is 33.3 Å². The fourth-order valence-electron chi connectivity index (χ4n) is 2.39. The summed E-state index contributed by atoms with van der Waals surface area (Å²) in [5.74, 6) is 3.18. The molecule has 1 unspecified atom stereocenters. The van der Waals surface area contributed by atoms with Crippen LogP contribution in [-0.4, -0.2) is 22.7 Å². The molecule has 0 saturated carbocycles. The van der Waals surface area contributed by atoms with E-state index in [1.807, 2.05) is 30.0 Å². The average Bonchev–Trinajstić information content (AvgIpc) is 2.34. The molecule has 1 aliphatic rings. The van der Waals surface area contributed by atoms with Crippen LogP contribution < -0.4 is 0 Å². The third kappa shape index (κ3) is 4.44. The third-order valence-electron chi connectivity index (χ3n) is 3.42. The maximum atomic E-state index is 10.2. The highest BCUT2D eigenvalue weighted by Crippen LogP contribution is 2.28. The first-order chi connectivity index (χ1) is 8.65. The average molecular weight is 350 g/mol. The quantitative estimate of drug-likeness (QED) is 0.861. The molecule has 0 bridgehead atoms. The summed E-state index contributed by atoms with van der Waals surface area (Å²) in [6, 6.07) is 5.86. The molecule has 1 atom stereocenters. The number of hydrogen-bond acceptors (Lipinski definition) is 2. The predicted molar refractivity (Wildman–Crippen MR) is 83.5 cm³/mol. The normalized spacial score (nSPS) is 18.8. The fraction of sp³-hybridized carbons (Fsp3) is 0.571. The molecule has 100 valence electrons. The van der Waals surface area contributed by atoms with Crippen LogP contribution in [0.15, 0.2) is 22.7 Å². The minimum absolute atomic E-state index is 0.267. The highest BCUT2D eigenvalue weighted by Gasteiger charge is 2.18. The molecule has 1 heterocycles. The van der Waals surface area contributed by atoms with E-state index in [0.717, 1.165) is 21.5 Å². The molecule has 1 nitrogen and oxygen atoms in total. The molecule has 0 aliphatic carbocycles. The Hall–Kier alpha value is 0.300. The lowest BCUT2D eigenvalue weighted by atomic mass is 9.93. The fourth-order valence-corrected chi connectivity index (χ4v) is 4.35. The molecule has 0 amide bonds. The Morgan fingerprint density at radius 2 is 2.11 bits per heavy atom. The van der Waals surface area contributed by atoms with Crippen molar-refractivity contribution in [1.29, 1.82) is 0 Å². The zero-order chi connectivity index (χ0) is 13.0. The zero-order valence-electron chi connectivity index (χ0n) is 10.2. The topological polar surface area (TPSA) is 20.2 Å². The van der Waals surface area contributed by atoms with Crippen molar-refractivity contribution in [3.8, 4) is 0 Å². The van der Waals surface area contributed by atoms with Crippen molar-refractivity contribution in [2.75, 3.05) is 11.5 Å². The van der Waals surface area contributed by atoms with E-state index in [0.29, 0.717) is 12.3 Å². The van der Waals surface area contributed by atoms with Gasteiger partial charge >= 0.3 is 0 Å². The van der Waals surface area contributed by atoms with Crippen molar-refractivity contribution in [2.45, 2.75) is 31.8 Å². The smallest absolute Gasteiger partial charge is 0.0583 e. The Morgan fingerprint density at radius 3 is 2.78 bits per heavy atom. The van der Waals surface area contributed by atoms with Gasteiger partial charge in [-0.2, -0.15) is 11.8 Å². The molecule has 0 spiro atoms. The lowest BCUT2D eigenvalue weighted by Gasteiger charge is -2.24. The van der Waals surface area contributed by atoms with Gasteiger partial charge in [0.15, 0.2) is 0 Å². The van der Waals surface area contributed by atoms with Gasteiger partial charge in [-0.1, -0.05) is 33.6 Å². The number of rotatable bonds is 4. The second-order valence-corrected chi connectivity index (χ2v) is 7.43. The first-order valence-corrected chi connectivity index (χ1v) is 8.67. The Kier molecular flexibility index (Phi) is 5.87. The Labute approximate surface area is 126 Å². The van der Waals surface area contributed by atoms with Gasteiger partial charge in [0.25, 0.3) is 0 Å². The highest BCUT2D eigenvalue weighted by atomic mass is 79.9. The summed E-state index contributed by atoms with van der Waals surface area (Å²) in [5, 5.41) is 10.9. The summed E-state index contributed by atoms with van der Waals surface area (Å²) in [7, 11) is 0. The summed E-state index contributed by atoms with van der Waals surface area (Å²) >= 11 is 11.6. The number of benzene rings is 1. The number of aliphatic hydroxyl groups excluding tert-OH is 1. The largest absolute Gasteiger partial charge is 0.393 e. The Morgan fingerprint density at radius 1 is 1.39 bits per heavy atom. The number of thioether (sulfide) groups is 1. The molecule has 1 aliphatic heterocycles. The molecule has 1 aromatic rings. The first-order valence-electron chi connectivity index (χ1n) is 6.35. The van der Waals surface area contributed by atoms with Crippen LogP contribution in [0.1, 0.15) is 24.8 Å². The van der Waals surface area contributed by atoms with E-state index in [9.17, 15) is 5.11 Å². The van der Waals surface area contributed by atoms with E-state index in [4.69, 9.17) is 11.6 Å². The van der Waals surface area contributed by atoms with Crippen LogP contribution in [0.5, 0.6) is 0 Å². The lowest BCUT2D eigenvalue weighted by molar-refractivity contribution is 0.139. The van der Waals surface area contributed by atoms with E-state index in [2.05, 4.69) is 15.9 Å². The van der Waals surface area contributed by atoms with E-state index >= 15 is 0 Å². The molecular weight excluding hydrogens is 332 g/mol. The molecule has 4 heteroatoms. The summed E-state index contributed by atoms with van der Waals surface area (Å²) in [4.78, 5) is 0.